The molecule has 262 valence electrons. The summed E-state index contributed by atoms with van der Waals surface area (Å²) < 4.78 is 0. The van der Waals surface area contributed by atoms with Gasteiger partial charge in [0.2, 0.25) is 0 Å². The van der Waals surface area contributed by atoms with Crippen LogP contribution >= 0.6 is 0 Å². The van der Waals surface area contributed by atoms with Gasteiger partial charge in [-0.1, -0.05) is 212 Å². The van der Waals surface area contributed by atoms with Gasteiger partial charge in [-0.3, -0.25) is 0 Å². The van der Waals surface area contributed by atoms with Crippen LogP contribution in [0.2, 0.25) is 0 Å². The minimum atomic E-state index is 1.19. The highest BCUT2D eigenvalue weighted by Gasteiger charge is 2.20. The Morgan fingerprint density at radius 2 is 0.518 bits per heavy atom. The van der Waals surface area contributed by atoms with Gasteiger partial charge in [0.1, 0.15) is 0 Å². The lowest BCUT2D eigenvalue weighted by atomic mass is 9.83. The van der Waals surface area contributed by atoms with Crippen molar-refractivity contribution in [2.75, 3.05) is 0 Å². The number of benzene rings is 10. The summed E-state index contributed by atoms with van der Waals surface area (Å²) in [6.07, 6.45) is 0. The van der Waals surface area contributed by atoms with Gasteiger partial charge in [-0.25, -0.2) is 0 Å². The first-order valence-corrected chi connectivity index (χ1v) is 19.3. The molecule has 0 saturated heterocycles. The van der Waals surface area contributed by atoms with Crippen molar-refractivity contribution in [3.63, 3.8) is 0 Å². The molecule has 0 spiro atoms. The van der Waals surface area contributed by atoms with Crippen molar-refractivity contribution in [2.24, 2.45) is 0 Å². The van der Waals surface area contributed by atoms with E-state index in [1.807, 2.05) is 0 Å². The second-order valence-corrected chi connectivity index (χ2v) is 14.4. The summed E-state index contributed by atoms with van der Waals surface area (Å²) in [4.78, 5) is 0. The molecule has 0 nitrogen and oxygen atoms in total. The van der Waals surface area contributed by atoms with Crippen LogP contribution in [0.1, 0.15) is 0 Å². The standard InChI is InChI=1S/C56H38/c1-4-18-39(19-5-1)42-24-16-26-44(36-42)47-28-10-11-29-49(47)54-38-46(34-35-48(54)45-27-17-25-43(37-45)40-20-6-2-7-21-40)56-52-32-14-12-30-50(52)55(41-22-8-3-9-23-41)51-31-13-15-33-53(51)56/h1-38H. The molecule has 0 heterocycles. The minimum absolute atomic E-state index is 1.19. The van der Waals surface area contributed by atoms with Gasteiger partial charge in [-0.05, 0) is 118 Å². The van der Waals surface area contributed by atoms with Crippen LogP contribution in [0.15, 0.2) is 231 Å². The summed E-state index contributed by atoms with van der Waals surface area (Å²) in [5.74, 6) is 0. The first-order valence-electron chi connectivity index (χ1n) is 19.3. The predicted octanol–water partition coefficient (Wildman–Crippen LogP) is 15.7. The van der Waals surface area contributed by atoms with E-state index in [4.69, 9.17) is 0 Å². The summed E-state index contributed by atoms with van der Waals surface area (Å²) in [6.45, 7) is 0. The Labute approximate surface area is 328 Å². The molecule has 0 unspecified atom stereocenters. The zero-order chi connectivity index (χ0) is 37.3. The van der Waals surface area contributed by atoms with Crippen molar-refractivity contribution >= 4 is 21.5 Å². The Morgan fingerprint density at radius 3 is 1.02 bits per heavy atom. The van der Waals surface area contributed by atoms with Crippen molar-refractivity contribution < 1.29 is 0 Å². The third kappa shape index (κ3) is 6.08. The van der Waals surface area contributed by atoms with Gasteiger partial charge in [0.25, 0.3) is 0 Å². The van der Waals surface area contributed by atoms with Crippen LogP contribution in [-0.4, -0.2) is 0 Å². The molecule has 0 saturated carbocycles. The molecule has 0 atom stereocenters. The van der Waals surface area contributed by atoms with Gasteiger partial charge in [-0.2, -0.15) is 0 Å². The maximum atomic E-state index is 2.45. The zero-order valence-corrected chi connectivity index (χ0v) is 30.9. The summed E-state index contributed by atoms with van der Waals surface area (Å²) >= 11 is 0. The smallest absolute Gasteiger partial charge is 0.00261 e. The van der Waals surface area contributed by atoms with Crippen molar-refractivity contribution in [1.29, 1.82) is 0 Å². The first kappa shape index (κ1) is 33.3. The minimum Gasteiger partial charge on any atom is -0.0622 e. The van der Waals surface area contributed by atoms with Crippen LogP contribution in [0.25, 0.3) is 99.4 Å². The molecule has 0 aromatic heterocycles. The maximum Gasteiger partial charge on any atom is -0.00261 e. The monoisotopic (exact) mass is 710 g/mol. The molecule has 0 heteroatoms. The van der Waals surface area contributed by atoms with E-state index in [0.717, 1.165) is 0 Å². The van der Waals surface area contributed by atoms with Crippen molar-refractivity contribution in [3.05, 3.63) is 231 Å². The molecule has 0 aliphatic rings. The molecule has 10 aromatic carbocycles. The third-order valence-electron chi connectivity index (χ3n) is 11.1. The van der Waals surface area contributed by atoms with E-state index in [1.54, 1.807) is 0 Å². The van der Waals surface area contributed by atoms with Crippen LogP contribution in [0, 0.1) is 0 Å². The number of fused-ring (bicyclic) bond motifs is 2. The van der Waals surface area contributed by atoms with Gasteiger partial charge in [0.05, 0.1) is 0 Å². The fourth-order valence-electron chi connectivity index (χ4n) is 8.49. The van der Waals surface area contributed by atoms with Crippen molar-refractivity contribution in [2.45, 2.75) is 0 Å². The summed E-state index contributed by atoms with van der Waals surface area (Å²) in [6, 6.07) is 84.0. The van der Waals surface area contributed by atoms with Gasteiger partial charge in [0.15, 0.2) is 0 Å². The Balaban J connectivity index is 1.24. The lowest BCUT2D eigenvalue weighted by Gasteiger charge is -2.20. The quantitative estimate of drug-likeness (QED) is 0.144. The lowest BCUT2D eigenvalue weighted by Crippen LogP contribution is -1.94. The second kappa shape index (κ2) is 14.5. The Morgan fingerprint density at radius 1 is 0.161 bits per heavy atom. The van der Waals surface area contributed by atoms with Crippen molar-refractivity contribution in [1.82, 2.24) is 0 Å². The normalized spacial score (nSPS) is 11.2. The largest absolute Gasteiger partial charge is 0.0622 e. The Kier molecular flexibility index (Phi) is 8.63. The van der Waals surface area contributed by atoms with E-state index in [2.05, 4.69) is 231 Å². The highest BCUT2D eigenvalue weighted by molar-refractivity contribution is 6.21. The Bertz CT molecular complexity index is 2940. The molecule has 10 aromatic rings. The van der Waals surface area contributed by atoms with E-state index in [9.17, 15) is 0 Å². The molecule has 0 aliphatic heterocycles. The van der Waals surface area contributed by atoms with Crippen LogP contribution in [0.4, 0.5) is 0 Å². The predicted molar refractivity (Wildman–Crippen MR) is 240 cm³/mol. The third-order valence-corrected chi connectivity index (χ3v) is 11.1. The van der Waals surface area contributed by atoms with Crippen LogP contribution < -0.4 is 0 Å². The van der Waals surface area contributed by atoms with E-state index in [-0.39, 0.29) is 0 Å². The topological polar surface area (TPSA) is 0 Å². The zero-order valence-electron chi connectivity index (χ0n) is 30.9. The molecule has 0 N–H and O–H groups in total. The van der Waals surface area contributed by atoms with Gasteiger partial charge < -0.3 is 0 Å². The van der Waals surface area contributed by atoms with Crippen LogP contribution in [0.3, 0.4) is 0 Å². The molecular formula is C56H38. The molecule has 0 amide bonds. The SMILES string of the molecule is c1ccc(-c2cccc(-c3ccccc3-c3cc(-c4c5ccccc5c(-c5ccccc5)c5ccccc45)ccc3-c3cccc(-c4ccccc4)c3)c2)cc1. The number of hydrogen-bond donors (Lipinski definition) is 0. The van der Waals surface area contributed by atoms with Crippen LogP contribution in [0.5, 0.6) is 0 Å². The first-order chi connectivity index (χ1) is 27.8. The molecule has 56 heavy (non-hydrogen) atoms. The maximum absolute atomic E-state index is 2.45. The highest BCUT2D eigenvalue weighted by Crippen LogP contribution is 2.47. The lowest BCUT2D eigenvalue weighted by molar-refractivity contribution is 1.55. The average molecular weight is 711 g/mol. The van der Waals surface area contributed by atoms with Crippen LogP contribution in [-0.2, 0) is 0 Å². The van der Waals surface area contributed by atoms with E-state index in [0.29, 0.717) is 0 Å². The second-order valence-electron chi connectivity index (χ2n) is 14.4. The summed E-state index contributed by atoms with van der Waals surface area (Å²) in [5, 5.41) is 5.01. The van der Waals surface area contributed by atoms with Gasteiger partial charge >= 0.3 is 0 Å². The molecular weight excluding hydrogens is 673 g/mol. The molecule has 10 rings (SSSR count). The van der Waals surface area contributed by atoms with Crippen molar-refractivity contribution in [3.8, 4) is 77.9 Å². The molecule has 0 aliphatic carbocycles. The molecule has 0 bridgehead atoms. The number of hydrogen-bond acceptors (Lipinski definition) is 0. The number of rotatable bonds is 7. The van der Waals surface area contributed by atoms with Gasteiger partial charge in [0, 0.05) is 0 Å². The Hall–Kier alpha value is -7.28. The van der Waals surface area contributed by atoms with Gasteiger partial charge in [-0.15, -0.1) is 0 Å². The summed E-state index contributed by atoms with van der Waals surface area (Å²) in [7, 11) is 0. The van der Waals surface area contributed by atoms with E-state index < -0.39 is 0 Å². The fraction of sp³-hybridized carbons (Fsp3) is 0. The molecule has 0 radical (unpaired) electrons. The van der Waals surface area contributed by atoms with E-state index in [1.165, 1.54) is 99.4 Å². The highest BCUT2D eigenvalue weighted by atomic mass is 14.2. The molecule has 0 fully saturated rings. The van der Waals surface area contributed by atoms with E-state index >= 15 is 0 Å². The fourth-order valence-corrected chi connectivity index (χ4v) is 8.49. The average Bonchev–Trinajstić information content (AvgIpc) is 3.29. The summed E-state index contributed by atoms with van der Waals surface area (Å²) in [5.41, 5.74) is 17.0.